The highest BCUT2D eigenvalue weighted by Gasteiger charge is 2.48. The molecule has 1 aliphatic rings. The van der Waals surface area contributed by atoms with Gasteiger partial charge in [-0.1, -0.05) is 35.3 Å². The van der Waals surface area contributed by atoms with Crippen LogP contribution < -0.4 is 19.1 Å². The molecule has 38 heavy (non-hydrogen) atoms. The van der Waals surface area contributed by atoms with Crippen LogP contribution in [0.25, 0.3) is 16.8 Å². The fourth-order valence-corrected chi connectivity index (χ4v) is 5.05. The Bertz CT molecular complexity index is 1630. The average molecular weight is 554 g/mol. The zero-order chi connectivity index (χ0) is 27.1. The minimum Gasteiger partial charge on any atom is -0.507 e. The summed E-state index contributed by atoms with van der Waals surface area (Å²) < 4.78 is 16.0. The molecule has 3 aromatic carbocycles. The largest absolute Gasteiger partial charge is 0.507 e. The standard InChI is InChI=1S/C27H21Cl2N3O6/c1-36-15-6-4-5-13(9-15)22-21(23(33)17-10-14(28)11-18(29)25(17)38-3)24(34)26(35)32(22)27-30-19-8-7-16(37-2)12-20(19)31-27/h4-12,22,33H,1-3H3,(H,30,31)/b23-21+. The first-order valence-electron chi connectivity index (χ1n) is 11.3. The molecule has 1 unspecified atom stereocenters. The van der Waals surface area contributed by atoms with Gasteiger partial charge in [-0.05, 0) is 42.0 Å². The summed E-state index contributed by atoms with van der Waals surface area (Å²) >= 11 is 12.5. The van der Waals surface area contributed by atoms with E-state index in [4.69, 9.17) is 37.4 Å². The molecule has 0 saturated carbocycles. The number of benzene rings is 3. The van der Waals surface area contributed by atoms with Gasteiger partial charge in [0.2, 0.25) is 5.95 Å². The van der Waals surface area contributed by atoms with Crippen molar-refractivity contribution in [1.82, 2.24) is 9.97 Å². The van der Waals surface area contributed by atoms with Gasteiger partial charge in [0.05, 0.1) is 54.6 Å². The molecule has 11 heteroatoms. The molecular weight excluding hydrogens is 533 g/mol. The van der Waals surface area contributed by atoms with Gasteiger partial charge >= 0.3 is 5.91 Å². The van der Waals surface area contributed by atoms with Crippen LogP contribution in [-0.4, -0.2) is 48.1 Å². The molecule has 1 fully saturated rings. The maximum absolute atomic E-state index is 13.5. The van der Waals surface area contributed by atoms with Crippen LogP contribution >= 0.6 is 23.2 Å². The Balaban J connectivity index is 1.77. The van der Waals surface area contributed by atoms with E-state index in [9.17, 15) is 14.7 Å². The number of rotatable bonds is 6. The summed E-state index contributed by atoms with van der Waals surface area (Å²) in [6.45, 7) is 0. The Labute approximate surface area is 227 Å². The number of carbonyl (C=O) groups excluding carboxylic acids is 2. The predicted octanol–water partition coefficient (Wildman–Crippen LogP) is 5.52. The van der Waals surface area contributed by atoms with Crippen LogP contribution in [0.15, 0.2) is 60.2 Å². The van der Waals surface area contributed by atoms with Crippen LogP contribution in [0.3, 0.4) is 0 Å². The van der Waals surface area contributed by atoms with Gasteiger partial charge in [-0.2, -0.15) is 0 Å². The third-order valence-electron chi connectivity index (χ3n) is 6.23. The van der Waals surface area contributed by atoms with E-state index < -0.39 is 23.5 Å². The second kappa shape index (κ2) is 9.92. The Morgan fingerprint density at radius 3 is 2.42 bits per heavy atom. The minimum absolute atomic E-state index is 0.0604. The smallest absolute Gasteiger partial charge is 0.302 e. The molecule has 0 radical (unpaired) electrons. The van der Waals surface area contributed by atoms with Crippen molar-refractivity contribution in [2.45, 2.75) is 6.04 Å². The zero-order valence-corrected chi connectivity index (χ0v) is 21.9. The van der Waals surface area contributed by atoms with Gasteiger partial charge in [0, 0.05) is 11.1 Å². The number of aliphatic hydroxyl groups excluding tert-OH is 1. The van der Waals surface area contributed by atoms with E-state index in [1.54, 1.807) is 42.5 Å². The number of ketones is 1. The molecule has 1 atom stereocenters. The molecule has 1 saturated heterocycles. The number of methoxy groups -OCH3 is 3. The van der Waals surface area contributed by atoms with E-state index in [0.29, 0.717) is 28.1 Å². The Morgan fingerprint density at radius 1 is 0.974 bits per heavy atom. The van der Waals surface area contributed by atoms with Crippen molar-refractivity contribution >= 4 is 57.6 Å². The number of amides is 1. The number of Topliss-reactive ketones (excluding diaryl/α,β-unsaturated/α-hetero) is 1. The Morgan fingerprint density at radius 2 is 1.71 bits per heavy atom. The van der Waals surface area contributed by atoms with E-state index >= 15 is 0 Å². The lowest BCUT2D eigenvalue weighted by atomic mass is 9.95. The Kier molecular flexibility index (Phi) is 6.64. The lowest BCUT2D eigenvalue weighted by Crippen LogP contribution is -2.30. The molecule has 4 aromatic rings. The van der Waals surface area contributed by atoms with Gasteiger partial charge < -0.3 is 24.3 Å². The van der Waals surface area contributed by atoms with Crippen molar-refractivity contribution in [3.8, 4) is 17.2 Å². The molecule has 0 bridgehead atoms. The van der Waals surface area contributed by atoms with Crippen LogP contribution in [0.1, 0.15) is 17.2 Å². The highest BCUT2D eigenvalue weighted by molar-refractivity contribution is 6.51. The molecule has 2 heterocycles. The molecule has 0 aliphatic carbocycles. The average Bonchev–Trinajstić information content (AvgIpc) is 3.45. The van der Waals surface area contributed by atoms with E-state index in [-0.39, 0.29) is 32.9 Å². The number of aliphatic hydroxyl groups is 1. The van der Waals surface area contributed by atoms with Gasteiger partial charge in [-0.15, -0.1) is 0 Å². The zero-order valence-electron chi connectivity index (χ0n) is 20.4. The van der Waals surface area contributed by atoms with Gasteiger partial charge in [-0.25, -0.2) is 4.98 Å². The summed E-state index contributed by atoms with van der Waals surface area (Å²) in [5, 5.41) is 11.8. The molecule has 9 nitrogen and oxygen atoms in total. The number of carbonyl (C=O) groups is 2. The lowest BCUT2D eigenvalue weighted by molar-refractivity contribution is -0.132. The molecule has 1 amide bonds. The van der Waals surface area contributed by atoms with Crippen molar-refractivity contribution in [3.05, 3.63) is 81.3 Å². The number of ether oxygens (including phenoxy) is 3. The fourth-order valence-electron chi connectivity index (χ4n) is 4.48. The van der Waals surface area contributed by atoms with Crippen LogP contribution in [0.2, 0.25) is 10.0 Å². The van der Waals surface area contributed by atoms with Crippen molar-refractivity contribution in [3.63, 3.8) is 0 Å². The van der Waals surface area contributed by atoms with Crippen molar-refractivity contribution in [2.24, 2.45) is 0 Å². The van der Waals surface area contributed by atoms with Crippen LogP contribution in [0.5, 0.6) is 17.2 Å². The maximum atomic E-state index is 13.5. The quantitative estimate of drug-likeness (QED) is 0.183. The topological polar surface area (TPSA) is 114 Å². The lowest BCUT2D eigenvalue weighted by Gasteiger charge is -2.23. The van der Waals surface area contributed by atoms with E-state index in [0.717, 1.165) is 0 Å². The van der Waals surface area contributed by atoms with Gasteiger partial charge in [0.15, 0.2) is 0 Å². The summed E-state index contributed by atoms with van der Waals surface area (Å²) in [4.78, 5) is 35.9. The number of H-pyrrole nitrogens is 1. The predicted molar refractivity (Wildman–Crippen MR) is 143 cm³/mol. The first-order valence-corrected chi connectivity index (χ1v) is 12.0. The third kappa shape index (κ3) is 4.19. The van der Waals surface area contributed by atoms with Gasteiger partial charge in [0.1, 0.15) is 23.0 Å². The Hall–Kier alpha value is -4.21. The number of anilines is 1. The summed E-state index contributed by atoms with van der Waals surface area (Å²) in [5.41, 5.74) is 1.50. The van der Waals surface area contributed by atoms with Crippen molar-refractivity contribution < 1.29 is 28.9 Å². The normalized spacial score (nSPS) is 16.8. The first-order chi connectivity index (χ1) is 18.3. The molecule has 1 aromatic heterocycles. The third-order valence-corrected chi connectivity index (χ3v) is 6.73. The van der Waals surface area contributed by atoms with Crippen molar-refractivity contribution in [2.75, 3.05) is 26.2 Å². The summed E-state index contributed by atoms with van der Waals surface area (Å²) in [6, 6.07) is 13.8. The summed E-state index contributed by atoms with van der Waals surface area (Å²) in [7, 11) is 4.41. The minimum atomic E-state index is -1.07. The monoisotopic (exact) mass is 553 g/mol. The number of hydrogen-bond acceptors (Lipinski definition) is 7. The van der Waals surface area contributed by atoms with Gasteiger partial charge in [0.25, 0.3) is 5.78 Å². The second-order valence-electron chi connectivity index (χ2n) is 8.36. The highest BCUT2D eigenvalue weighted by atomic mass is 35.5. The fraction of sp³-hybridized carbons (Fsp3) is 0.148. The van der Waals surface area contributed by atoms with Crippen molar-refractivity contribution in [1.29, 1.82) is 0 Å². The number of nitrogens with one attached hydrogen (secondary N) is 1. The number of aromatic nitrogens is 2. The van der Waals surface area contributed by atoms with Gasteiger partial charge in [-0.3, -0.25) is 14.5 Å². The number of fused-ring (bicyclic) bond motifs is 1. The van der Waals surface area contributed by atoms with E-state index in [1.165, 1.54) is 38.4 Å². The number of hydrogen-bond donors (Lipinski definition) is 2. The number of imidazole rings is 1. The maximum Gasteiger partial charge on any atom is 0.302 e. The van der Waals surface area contributed by atoms with Crippen LogP contribution in [0, 0.1) is 0 Å². The van der Waals surface area contributed by atoms with E-state index in [1.807, 2.05) is 0 Å². The summed E-state index contributed by atoms with van der Waals surface area (Å²) in [5.74, 6) is -1.03. The highest BCUT2D eigenvalue weighted by Crippen LogP contribution is 2.45. The number of aromatic amines is 1. The first kappa shape index (κ1) is 25.4. The number of nitrogens with zero attached hydrogens (tertiary/aromatic N) is 2. The number of halogens is 2. The van der Waals surface area contributed by atoms with Crippen LogP contribution in [0.4, 0.5) is 5.95 Å². The SMILES string of the molecule is COc1cccc(C2/C(=C(\O)c3cc(Cl)cc(Cl)c3OC)C(=O)C(=O)N2c2nc3ccc(OC)cc3[nH]2)c1. The molecule has 2 N–H and O–H groups in total. The molecule has 194 valence electrons. The molecule has 0 spiro atoms. The van der Waals surface area contributed by atoms with Crippen LogP contribution in [-0.2, 0) is 9.59 Å². The second-order valence-corrected chi connectivity index (χ2v) is 9.20. The molecule has 5 rings (SSSR count). The summed E-state index contributed by atoms with van der Waals surface area (Å²) in [6.07, 6.45) is 0. The van der Waals surface area contributed by atoms with E-state index in [2.05, 4.69) is 9.97 Å². The molecule has 1 aliphatic heterocycles. The molecular formula is C27H21Cl2N3O6.